The molecule has 0 spiro atoms. The Morgan fingerprint density at radius 2 is 2.00 bits per heavy atom. The van der Waals surface area contributed by atoms with Crippen molar-refractivity contribution in [3.8, 4) is 0 Å². The van der Waals surface area contributed by atoms with Crippen LogP contribution in [-0.2, 0) is 4.74 Å². The molecular formula is C8H18O2. The minimum Gasteiger partial charge on any atom is -0.394 e. The third kappa shape index (κ3) is 4.77. The highest BCUT2D eigenvalue weighted by molar-refractivity contribution is 4.55. The average molecular weight is 146 g/mol. The van der Waals surface area contributed by atoms with Gasteiger partial charge in [-0.2, -0.15) is 0 Å². The van der Waals surface area contributed by atoms with Crippen LogP contribution in [0.1, 0.15) is 33.6 Å². The highest BCUT2D eigenvalue weighted by atomic mass is 16.5. The molecule has 0 bridgehead atoms. The normalized spacial score (nSPS) is 14.1. The molecule has 0 radical (unpaired) electrons. The Labute approximate surface area is 63.2 Å². The molecule has 0 aliphatic heterocycles. The monoisotopic (exact) mass is 146 g/mol. The largest absolute Gasteiger partial charge is 0.394 e. The molecule has 0 amide bonds. The molecule has 62 valence electrons. The first-order valence-corrected chi connectivity index (χ1v) is 3.97. The van der Waals surface area contributed by atoms with Gasteiger partial charge in [-0.25, -0.2) is 0 Å². The number of ether oxygens (including phenoxy) is 1. The van der Waals surface area contributed by atoms with Crippen molar-refractivity contribution in [2.75, 3.05) is 6.61 Å². The summed E-state index contributed by atoms with van der Waals surface area (Å²) < 4.78 is 5.39. The highest BCUT2D eigenvalue weighted by Gasteiger charge is 2.07. The van der Waals surface area contributed by atoms with Crippen molar-refractivity contribution in [2.24, 2.45) is 0 Å². The van der Waals surface area contributed by atoms with E-state index in [0.29, 0.717) is 0 Å². The Kier molecular flexibility index (Phi) is 5.64. The summed E-state index contributed by atoms with van der Waals surface area (Å²) in [7, 11) is 0. The molecular weight excluding hydrogens is 128 g/mol. The summed E-state index contributed by atoms with van der Waals surface area (Å²) in [6.07, 6.45) is 2.29. The summed E-state index contributed by atoms with van der Waals surface area (Å²) in [5.74, 6) is 0. The van der Waals surface area contributed by atoms with Crippen molar-refractivity contribution in [3.63, 3.8) is 0 Å². The van der Waals surface area contributed by atoms with Crippen LogP contribution in [0.5, 0.6) is 0 Å². The molecule has 0 heterocycles. The summed E-state index contributed by atoms with van der Waals surface area (Å²) in [6.45, 7) is 6.20. The van der Waals surface area contributed by atoms with Gasteiger partial charge in [-0.3, -0.25) is 0 Å². The fourth-order valence-corrected chi connectivity index (χ4v) is 0.909. The smallest absolute Gasteiger partial charge is 0.0809 e. The van der Waals surface area contributed by atoms with Crippen molar-refractivity contribution in [2.45, 2.75) is 45.8 Å². The quantitative estimate of drug-likeness (QED) is 0.638. The van der Waals surface area contributed by atoms with Gasteiger partial charge in [0.1, 0.15) is 0 Å². The summed E-state index contributed by atoms with van der Waals surface area (Å²) >= 11 is 0. The fraction of sp³-hybridized carbons (Fsp3) is 1.00. The maximum Gasteiger partial charge on any atom is 0.0809 e. The van der Waals surface area contributed by atoms with E-state index in [2.05, 4.69) is 6.92 Å². The van der Waals surface area contributed by atoms with Crippen LogP contribution in [-0.4, -0.2) is 23.9 Å². The van der Waals surface area contributed by atoms with Crippen LogP contribution in [0.2, 0.25) is 0 Å². The summed E-state index contributed by atoms with van der Waals surface area (Å²) in [4.78, 5) is 0. The molecule has 0 aromatic rings. The second kappa shape index (κ2) is 5.69. The van der Waals surface area contributed by atoms with Gasteiger partial charge in [0, 0.05) is 0 Å². The molecule has 0 aromatic carbocycles. The fourth-order valence-electron chi connectivity index (χ4n) is 0.909. The molecule has 0 fully saturated rings. The van der Waals surface area contributed by atoms with E-state index in [1.54, 1.807) is 0 Å². The van der Waals surface area contributed by atoms with Crippen LogP contribution in [0.15, 0.2) is 0 Å². The van der Waals surface area contributed by atoms with Gasteiger partial charge < -0.3 is 9.84 Å². The zero-order valence-electron chi connectivity index (χ0n) is 7.13. The number of hydrogen-bond acceptors (Lipinski definition) is 2. The first-order valence-electron chi connectivity index (χ1n) is 3.97. The lowest BCUT2D eigenvalue weighted by Gasteiger charge is -2.16. The molecule has 2 heteroatoms. The summed E-state index contributed by atoms with van der Waals surface area (Å²) in [6, 6.07) is 0. The molecule has 0 aliphatic rings. The van der Waals surface area contributed by atoms with Gasteiger partial charge in [-0.1, -0.05) is 13.3 Å². The Morgan fingerprint density at radius 1 is 1.40 bits per heavy atom. The van der Waals surface area contributed by atoms with E-state index in [-0.39, 0.29) is 18.8 Å². The van der Waals surface area contributed by atoms with Crippen molar-refractivity contribution in [3.05, 3.63) is 0 Å². The van der Waals surface area contributed by atoms with Gasteiger partial charge in [-0.05, 0) is 20.3 Å². The highest BCUT2D eigenvalue weighted by Crippen LogP contribution is 2.03. The maximum atomic E-state index is 8.78. The average Bonchev–Trinajstić information content (AvgIpc) is 1.86. The third-order valence-electron chi connectivity index (χ3n) is 1.28. The van der Waals surface area contributed by atoms with Gasteiger partial charge in [0.2, 0.25) is 0 Å². The first-order chi connectivity index (χ1) is 4.70. The predicted molar refractivity (Wildman–Crippen MR) is 42.0 cm³/mol. The molecule has 1 unspecified atom stereocenters. The van der Waals surface area contributed by atoms with Crippen LogP contribution in [0.25, 0.3) is 0 Å². The van der Waals surface area contributed by atoms with Crippen molar-refractivity contribution in [1.82, 2.24) is 0 Å². The van der Waals surface area contributed by atoms with Crippen LogP contribution in [0.3, 0.4) is 0 Å². The van der Waals surface area contributed by atoms with Gasteiger partial charge in [0.05, 0.1) is 18.8 Å². The minimum atomic E-state index is 0.0463. The van der Waals surface area contributed by atoms with Crippen molar-refractivity contribution >= 4 is 0 Å². The lowest BCUT2D eigenvalue weighted by molar-refractivity contribution is -0.0272. The van der Waals surface area contributed by atoms with E-state index in [9.17, 15) is 0 Å². The molecule has 2 nitrogen and oxygen atoms in total. The van der Waals surface area contributed by atoms with Gasteiger partial charge >= 0.3 is 0 Å². The Morgan fingerprint density at radius 3 is 2.30 bits per heavy atom. The zero-order valence-corrected chi connectivity index (χ0v) is 7.13. The zero-order chi connectivity index (χ0) is 7.98. The Bertz CT molecular complexity index is 71.7. The van der Waals surface area contributed by atoms with Gasteiger partial charge in [-0.15, -0.1) is 0 Å². The summed E-state index contributed by atoms with van der Waals surface area (Å²) in [5.41, 5.74) is 0. The second-order valence-electron chi connectivity index (χ2n) is 2.78. The van der Waals surface area contributed by atoms with Crippen molar-refractivity contribution < 1.29 is 9.84 Å². The Hall–Kier alpha value is -0.0800. The SMILES string of the molecule is CCCC(CO)OC(C)C. The van der Waals surface area contributed by atoms with E-state index in [0.717, 1.165) is 12.8 Å². The van der Waals surface area contributed by atoms with E-state index >= 15 is 0 Å². The van der Waals surface area contributed by atoms with Crippen LogP contribution < -0.4 is 0 Å². The maximum absolute atomic E-state index is 8.78. The van der Waals surface area contributed by atoms with Gasteiger partial charge in [0.15, 0.2) is 0 Å². The molecule has 0 aromatic heterocycles. The lowest BCUT2D eigenvalue weighted by atomic mass is 10.2. The number of rotatable bonds is 5. The lowest BCUT2D eigenvalue weighted by Crippen LogP contribution is -2.21. The number of hydrogen-bond donors (Lipinski definition) is 1. The van der Waals surface area contributed by atoms with Crippen LogP contribution in [0.4, 0.5) is 0 Å². The summed E-state index contributed by atoms with van der Waals surface area (Å²) in [5, 5.41) is 8.78. The number of aliphatic hydroxyl groups excluding tert-OH is 1. The van der Waals surface area contributed by atoms with E-state index in [1.807, 2.05) is 13.8 Å². The minimum absolute atomic E-state index is 0.0463. The van der Waals surface area contributed by atoms with Gasteiger partial charge in [0.25, 0.3) is 0 Å². The topological polar surface area (TPSA) is 29.5 Å². The molecule has 0 aliphatic carbocycles. The van der Waals surface area contributed by atoms with E-state index in [4.69, 9.17) is 9.84 Å². The molecule has 0 saturated heterocycles. The molecule has 1 atom stereocenters. The second-order valence-corrected chi connectivity index (χ2v) is 2.78. The third-order valence-corrected chi connectivity index (χ3v) is 1.28. The number of aliphatic hydroxyl groups is 1. The molecule has 1 N–H and O–H groups in total. The van der Waals surface area contributed by atoms with Crippen molar-refractivity contribution in [1.29, 1.82) is 0 Å². The Balaban J connectivity index is 3.39. The molecule has 0 saturated carbocycles. The first kappa shape index (κ1) is 9.92. The predicted octanol–water partition coefficient (Wildman–Crippen LogP) is 1.57. The van der Waals surface area contributed by atoms with Crippen LogP contribution >= 0.6 is 0 Å². The standard InChI is InChI=1S/C8H18O2/c1-4-5-8(6-9)10-7(2)3/h7-9H,4-6H2,1-3H3. The van der Waals surface area contributed by atoms with E-state index < -0.39 is 0 Å². The molecule has 0 rings (SSSR count). The molecule has 10 heavy (non-hydrogen) atoms. The van der Waals surface area contributed by atoms with Crippen LogP contribution in [0, 0.1) is 0 Å². The van der Waals surface area contributed by atoms with E-state index in [1.165, 1.54) is 0 Å².